The van der Waals surface area contributed by atoms with E-state index in [0.717, 1.165) is 24.8 Å². The van der Waals surface area contributed by atoms with Crippen LogP contribution in [0.4, 0.5) is 0 Å². The minimum absolute atomic E-state index is 0.105. The summed E-state index contributed by atoms with van der Waals surface area (Å²) in [5, 5.41) is 3.56. The molecule has 0 bridgehead atoms. The average Bonchev–Trinajstić information content (AvgIpc) is 2.26. The van der Waals surface area contributed by atoms with Gasteiger partial charge in [-0.3, -0.25) is 4.79 Å². The van der Waals surface area contributed by atoms with E-state index in [2.05, 4.69) is 23.9 Å². The monoisotopic (exact) mass is 227 g/mol. The molecule has 3 atom stereocenters. The van der Waals surface area contributed by atoms with Crippen LogP contribution in [-0.2, 0) is 9.53 Å². The van der Waals surface area contributed by atoms with E-state index in [0.29, 0.717) is 12.5 Å². The predicted octanol–water partition coefficient (Wildman–Crippen LogP) is 2.35. The predicted molar refractivity (Wildman–Crippen MR) is 65.2 cm³/mol. The summed E-state index contributed by atoms with van der Waals surface area (Å²) in [6, 6.07) is 0.647. The molecule has 3 nitrogen and oxygen atoms in total. The van der Waals surface area contributed by atoms with Gasteiger partial charge in [-0.2, -0.15) is 0 Å². The maximum Gasteiger partial charge on any atom is 0.305 e. The van der Waals surface area contributed by atoms with Gasteiger partial charge in [0.1, 0.15) is 0 Å². The third kappa shape index (κ3) is 4.52. The van der Waals surface area contributed by atoms with Crippen molar-refractivity contribution in [1.82, 2.24) is 5.32 Å². The van der Waals surface area contributed by atoms with Crippen molar-refractivity contribution in [1.29, 1.82) is 0 Å². The molecule has 94 valence electrons. The fourth-order valence-corrected chi connectivity index (χ4v) is 2.59. The lowest BCUT2D eigenvalue weighted by molar-refractivity contribution is -0.140. The van der Waals surface area contributed by atoms with Gasteiger partial charge >= 0.3 is 5.97 Å². The van der Waals surface area contributed by atoms with Crippen LogP contribution in [0.2, 0.25) is 0 Å². The third-order valence-corrected chi connectivity index (χ3v) is 3.62. The fourth-order valence-electron chi connectivity index (χ4n) is 2.59. The summed E-state index contributed by atoms with van der Waals surface area (Å²) in [6.07, 6.45) is 5.35. The molecular weight excluding hydrogens is 202 g/mol. The number of methoxy groups -OCH3 is 1. The molecular formula is C13H25NO2. The van der Waals surface area contributed by atoms with Crippen LogP contribution in [0, 0.1) is 11.8 Å². The molecule has 0 saturated heterocycles. The second kappa shape index (κ2) is 6.89. The van der Waals surface area contributed by atoms with Crippen molar-refractivity contribution in [3.8, 4) is 0 Å². The topological polar surface area (TPSA) is 38.3 Å². The van der Waals surface area contributed by atoms with Gasteiger partial charge in [0.2, 0.25) is 0 Å². The summed E-state index contributed by atoms with van der Waals surface area (Å²) in [7, 11) is 1.44. The lowest BCUT2D eigenvalue weighted by atomic mass is 9.80. The molecule has 1 rings (SSSR count). The quantitative estimate of drug-likeness (QED) is 0.579. The molecule has 1 aliphatic carbocycles. The number of ether oxygens (including phenoxy) is 1. The Hall–Kier alpha value is -0.570. The maximum absolute atomic E-state index is 10.9. The van der Waals surface area contributed by atoms with Crippen molar-refractivity contribution >= 4 is 5.97 Å². The lowest BCUT2D eigenvalue weighted by Crippen LogP contribution is -2.39. The smallest absolute Gasteiger partial charge is 0.305 e. The number of hydrogen-bond acceptors (Lipinski definition) is 3. The molecule has 0 aromatic carbocycles. The van der Waals surface area contributed by atoms with E-state index in [1.165, 1.54) is 26.4 Å². The van der Waals surface area contributed by atoms with Gasteiger partial charge in [-0.05, 0) is 44.1 Å². The Kier molecular flexibility index (Phi) is 5.81. The summed E-state index contributed by atoms with van der Waals surface area (Å²) < 4.78 is 4.61. The number of rotatable bonds is 5. The second-order valence-corrected chi connectivity index (χ2v) is 5.14. The normalized spacial score (nSPS) is 30.1. The summed E-state index contributed by atoms with van der Waals surface area (Å²) in [6.45, 7) is 5.59. The molecule has 1 fully saturated rings. The molecule has 0 aromatic rings. The molecule has 0 heterocycles. The van der Waals surface area contributed by atoms with E-state index >= 15 is 0 Å². The molecule has 0 aliphatic heterocycles. The Morgan fingerprint density at radius 1 is 1.38 bits per heavy atom. The first-order valence-electron chi connectivity index (χ1n) is 6.43. The number of carbonyl (C=O) groups is 1. The summed E-state index contributed by atoms with van der Waals surface area (Å²) in [5.74, 6) is 1.54. The van der Waals surface area contributed by atoms with Crippen LogP contribution in [0.5, 0.6) is 0 Å². The first kappa shape index (κ1) is 13.5. The minimum atomic E-state index is -0.105. The van der Waals surface area contributed by atoms with Crippen molar-refractivity contribution in [2.45, 2.75) is 52.0 Å². The maximum atomic E-state index is 10.9. The second-order valence-electron chi connectivity index (χ2n) is 5.14. The van der Waals surface area contributed by atoms with Crippen LogP contribution in [-0.4, -0.2) is 25.7 Å². The van der Waals surface area contributed by atoms with Crippen LogP contribution in [0.1, 0.15) is 46.0 Å². The summed E-state index contributed by atoms with van der Waals surface area (Å²) in [4.78, 5) is 10.9. The Balaban J connectivity index is 2.11. The zero-order chi connectivity index (χ0) is 12.0. The van der Waals surface area contributed by atoms with Crippen molar-refractivity contribution in [3.05, 3.63) is 0 Å². The molecule has 3 heteroatoms. The van der Waals surface area contributed by atoms with Crippen molar-refractivity contribution in [3.63, 3.8) is 0 Å². The van der Waals surface area contributed by atoms with Gasteiger partial charge < -0.3 is 10.1 Å². The number of esters is 1. The highest BCUT2D eigenvalue weighted by Gasteiger charge is 2.24. The van der Waals surface area contributed by atoms with Crippen LogP contribution >= 0.6 is 0 Å². The Morgan fingerprint density at radius 3 is 2.75 bits per heavy atom. The molecule has 0 radical (unpaired) electrons. The fraction of sp³-hybridized carbons (Fsp3) is 0.923. The highest BCUT2D eigenvalue weighted by molar-refractivity contribution is 5.69. The SMILES string of the molecule is COC(=O)CCCNC1CCC(C)CC1C. The summed E-state index contributed by atoms with van der Waals surface area (Å²) >= 11 is 0. The highest BCUT2D eigenvalue weighted by atomic mass is 16.5. The minimum Gasteiger partial charge on any atom is -0.469 e. The lowest BCUT2D eigenvalue weighted by Gasteiger charge is -2.33. The van der Waals surface area contributed by atoms with E-state index in [9.17, 15) is 4.79 Å². The standard InChI is InChI=1S/C13H25NO2/c1-10-6-7-12(11(2)9-10)14-8-4-5-13(15)16-3/h10-12,14H,4-9H2,1-3H3. The largest absolute Gasteiger partial charge is 0.469 e. The van der Waals surface area contributed by atoms with E-state index in [1.54, 1.807) is 0 Å². The molecule has 1 N–H and O–H groups in total. The zero-order valence-electron chi connectivity index (χ0n) is 10.8. The Bertz CT molecular complexity index is 218. The highest BCUT2D eigenvalue weighted by Crippen LogP contribution is 2.28. The van der Waals surface area contributed by atoms with Gasteiger partial charge in [-0.1, -0.05) is 13.8 Å². The summed E-state index contributed by atoms with van der Waals surface area (Å²) in [5.41, 5.74) is 0. The van der Waals surface area contributed by atoms with Crippen LogP contribution < -0.4 is 5.32 Å². The van der Waals surface area contributed by atoms with Gasteiger partial charge in [0.25, 0.3) is 0 Å². The van der Waals surface area contributed by atoms with Gasteiger partial charge in [-0.15, -0.1) is 0 Å². The zero-order valence-corrected chi connectivity index (χ0v) is 10.8. The van der Waals surface area contributed by atoms with E-state index in [4.69, 9.17) is 0 Å². The van der Waals surface area contributed by atoms with E-state index < -0.39 is 0 Å². The van der Waals surface area contributed by atoms with Gasteiger partial charge in [0.05, 0.1) is 7.11 Å². The van der Waals surface area contributed by atoms with Gasteiger partial charge in [0.15, 0.2) is 0 Å². The average molecular weight is 227 g/mol. The van der Waals surface area contributed by atoms with Crippen LogP contribution in [0.3, 0.4) is 0 Å². The Morgan fingerprint density at radius 2 is 2.12 bits per heavy atom. The van der Waals surface area contributed by atoms with Crippen LogP contribution in [0.25, 0.3) is 0 Å². The molecule has 0 amide bonds. The van der Waals surface area contributed by atoms with Gasteiger partial charge in [0, 0.05) is 12.5 Å². The first-order valence-corrected chi connectivity index (χ1v) is 6.43. The first-order chi connectivity index (χ1) is 7.63. The van der Waals surface area contributed by atoms with E-state index in [1.807, 2.05) is 0 Å². The van der Waals surface area contributed by atoms with Crippen LogP contribution in [0.15, 0.2) is 0 Å². The number of hydrogen-bond donors (Lipinski definition) is 1. The Labute approximate surface area is 98.9 Å². The third-order valence-electron chi connectivity index (χ3n) is 3.62. The molecule has 3 unspecified atom stereocenters. The molecule has 1 aliphatic rings. The number of nitrogens with one attached hydrogen (secondary N) is 1. The van der Waals surface area contributed by atoms with E-state index in [-0.39, 0.29) is 5.97 Å². The van der Waals surface area contributed by atoms with Crippen molar-refractivity contribution in [2.24, 2.45) is 11.8 Å². The molecule has 16 heavy (non-hydrogen) atoms. The van der Waals surface area contributed by atoms with Crippen molar-refractivity contribution in [2.75, 3.05) is 13.7 Å². The van der Waals surface area contributed by atoms with Crippen molar-refractivity contribution < 1.29 is 9.53 Å². The molecule has 0 aromatic heterocycles. The van der Waals surface area contributed by atoms with Gasteiger partial charge in [-0.25, -0.2) is 0 Å². The number of carbonyl (C=O) groups excluding carboxylic acids is 1. The molecule has 0 spiro atoms. The molecule has 1 saturated carbocycles.